The third-order valence-corrected chi connectivity index (χ3v) is 8.91. The van der Waals surface area contributed by atoms with Gasteiger partial charge in [0, 0.05) is 55.8 Å². The zero-order chi connectivity index (χ0) is 23.3. The summed E-state index contributed by atoms with van der Waals surface area (Å²) < 4.78 is 28.2. The van der Waals surface area contributed by atoms with Crippen molar-refractivity contribution in [3.05, 3.63) is 54.1 Å². The summed E-state index contributed by atoms with van der Waals surface area (Å²) in [5.74, 6) is 0.498. The minimum absolute atomic E-state index is 0.0763. The fourth-order valence-corrected chi connectivity index (χ4v) is 6.16. The van der Waals surface area contributed by atoms with Crippen LogP contribution in [0.3, 0.4) is 0 Å². The van der Waals surface area contributed by atoms with Gasteiger partial charge >= 0.3 is 0 Å². The monoisotopic (exact) mass is 488 g/mol. The molecule has 1 saturated heterocycles. The molecule has 0 spiro atoms. The van der Waals surface area contributed by atoms with Crippen molar-refractivity contribution >= 4 is 33.4 Å². The highest BCUT2D eigenvalue weighted by Crippen LogP contribution is 2.34. The van der Waals surface area contributed by atoms with Crippen molar-refractivity contribution in [2.75, 3.05) is 50.3 Å². The summed E-state index contributed by atoms with van der Waals surface area (Å²) >= 11 is 1.57. The Hall–Kier alpha value is -1.91. The molecule has 0 bridgehead atoms. The molecule has 2 aromatic carbocycles. The molecule has 178 valence electrons. The fraction of sp³-hybridized carbons (Fsp3) is 0.458. The Morgan fingerprint density at radius 3 is 2.55 bits per heavy atom. The number of nitrogens with zero attached hydrogens (tertiary/aromatic N) is 2. The molecule has 2 aliphatic heterocycles. The SMILES string of the molecule is CC1CSc2ccc(S(=O)(=O)NCCCN3CCN(Cc4ccccc4)CC3)cc2NC1=O. The van der Waals surface area contributed by atoms with E-state index in [2.05, 4.69) is 44.1 Å². The van der Waals surface area contributed by atoms with E-state index < -0.39 is 10.0 Å². The van der Waals surface area contributed by atoms with Gasteiger partial charge in [-0.05, 0) is 36.7 Å². The molecule has 9 heteroatoms. The van der Waals surface area contributed by atoms with Crippen LogP contribution in [0.2, 0.25) is 0 Å². The molecular formula is C24H32N4O3S2. The van der Waals surface area contributed by atoms with E-state index >= 15 is 0 Å². The lowest BCUT2D eigenvalue weighted by molar-refractivity contribution is -0.118. The van der Waals surface area contributed by atoms with E-state index in [1.165, 1.54) is 5.56 Å². The van der Waals surface area contributed by atoms with Crippen molar-refractivity contribution in [3.8, 4) is 0 Å². The van der Waals surface area contributed by atoms with Gasteiger partial charge in [-0.25, -0.2) is 13.1 Å². The molecule has 1 atom stereocenters. The van der Waals surface area contributed by atoms with Gasteiger partial charge in [-0.15, -0.1) is 11.8 Å². The second-order valence-electron chi connectivity index (χ2n) is 8.71. The number of benzene rings is 2. The average Bonchev–Trinajstić information content (AvgIpc) is 2.96. The number of hydrogen-bond acceptors (Lipinski definition) is 6. The molecule has 1 fully saturated rings. The summed E-state index contributed by atoms with van der Waals surface area (Å²) in [4.78, 5) is 18.1. The van der Waals surface area contributed by atoms with Gasteiger partial charge in [0.2, 0.25) is 15.9 Å². The number of nitrogens with one attached hydrogen (secondary N) is 2. The molecule has 0 aliphatic carbocycles. The Bertz CT molecular complexity index is 1050. The van der Waals surface area contributed by atoms with Crippen LogP contribution < -0.4 is 10.0 Å². The second kappa shape index (κ2) is 11.0. The van der Waals surface area contributed by atoms with Gasteiger partial charge in [-0.3, -0.25) is 9.69 Å². The number of piperazine rings is 1. The molecule has 33 heavy (non-hydrogen) atoms. The van der Waals surface area contributed by atoms with Gasteiger partial charge in [0.1, 0.15) is 0 Å². The molecule has 2 heterocycles. The summed E-state index contributed by atoms with van der Waals surface area (Å²) in [6, 6.07) is 15.5. The summed E-state index contributed by atoms with van der Waals surface area (Å²) in [5, 5.41) is 2.85. The topological polar surface area (TPSA) is 81.8 Å². The number of fused-ring (bicyclic) bond motifs is 1. The third kappa shape index (κ3) is 6.58. The first-order valence-corrected chi connectivity index (χ1v) is 13.9. The van der Waals surface area contributed by atoms with Crippen LogP contribution in [0.25, 0.3) is 0 Å². The number of carbonyl (C=O) groups is 1. The predicted molar refractivity (Wildman–Crippen MR) is 133 cm³/mol. The van der Waals surface area contributed by atoms with Gasteiger partial charge in [0.25, 0.3) is 0 Å². The lowest BCUT2D eigenvalue weighted by Gasteiger charge is -2.34. The van der Waals surface area contributed by atoms with Crippen LogP contribution in [-0.4, -0.2) is 69.1 Å². The lowest BCUT2D eigenvalue weighted by Crippen LogP contribution is -2.46. The van der Waals surface area contributed by atoms with Crippen LogP contribution in [0.15, 0.2) is 58.3 Å². The summed E-state index contributed by atoms with van der Waals surface area (Å²) in [5.41, 5.74) is 1.91. The molecule has 2 aliphatic rings. The normalized spacial score (nSPS) is 20.2. The van der Waals surface area contributed by atoms with Crippen molar-refractivity contribution in [2.45, 2.75) is 29.7 Å². The summed E-state index contributed by atoms with van der Waals surface area (Å²) in [7, 11) is -3.62. The van der Waals surface area contributed by atoms with Crippen LogP contribution in [0.5, 0.6) is 0 Å². The Kier molecular flexibility index (Phi) is 8.08. The quantitative estimate of drug-likeness (QED) is 0.556. The summed E-state index contributed by atoms with van der Waals surface area (Å²) in [6.45, 7) is 8.17. The number of anilines is 1. The highest BCUT2D eigenvalue weighted by Gasteiger charge is 2.23. The van der Waals surface area contributed by atoms with E-state index in [-0.39, 0.29) is 16.7 Å². The van der Waals surface area contributed by atoms with Gasteiger partial charge in [-0.1, -0.05) is 37.3 Å². The number of rotatable bonds is 8. The van der Waals surface area contributed by atoms with E-state index in [1.54, 1.807) is 30.0 Å². The molecule has 1 amide bonds. The molecule has 1 unspecified atom stereocenters. The van der Waals surface area contributed by atoms with Crippen molar-refractivity contribution in [2.24, 2.45) is 5.92 Å². The molecule has 4 rings (SSSR count). The minimum Gasteiger partial charge on any atom is -0.325 e. The van der Waals surface area contributed by atoms with Crippen molar-refractivity contribution in [1.29, 1.82) is 0 Å². The molecule has 2 aromatic rings. The van der Waals surface area contributed by atoms with E-state index in [1.807, 2.05) is 13.0 Å². The minimum atomic E-state index is -3.62. The Labute approximate surface area is 201 Å². The van der Waals surface area contributed by atoms with Gasteiger partial charge in [-0.2, -0.15) is 0 Å². The van der Waals surface area contributed by atoms with Crippen LogP contribution in [0, 0.1) is 5.92 Å². The standard InChI is InChI=1S/C24H32N4O3S2/c1-19-18-32-23-9-8-21(16-22(23)26-24(19)29)33(30,31)25-10-5-11-27-12-14-28(15-13-27)17-20-6-3-2-4-7-20/h2-4,6-9,16,19,25H,5,10-15,17-18H2,1H3,(H,26,29). The molecular weight excluding hydrogens is 456 g/mol. The first kappa shape index (κ1) is 24.2. The van der Waals surface area contributed by atoms with E-state index in [0.717, 1.165) is 50.6 Å². The maximum Gasteiger partial charge on any atom is 0.240 e. The first-order chi connectivity index (χ1) is 15.9. The van der Waals surface area contributed by atoms with Crippen LogP contribution in [0.1, 0.15) is 18.9 Å². The summed E-state index contributed by atoms with van der Waals surface area (Å²) in [6.07, 6.45) is 0.757. The Balaban J connectivity index is 1.22. The average molecular weight is 489 g/mol. The number of carbonyl (C=O) groups excluding carboxylic acids is 1. The van der Waals surface area contributed by atoms with E-state index in [4.69, 9.17) is 0 Å². The number of thioether (sulfide) groups is 1. The van der Waals surface area contributed by atoms with Crippen LogP contribution in [0.4, 0.5) is 5.69 Å². The third-order valence-electron chi connectivity index (χ3n) is 6.11. The van der Waals surface area contributed by atoms with Crippen LogP contribution in [-0.2, 0) is 21.4 Å². The van der Waals surface area contributed by atoms with Crippen molar-refractivity contribution in [1.82, 2.24) is 14.5 Å². The molecule has 2 N–H and O–H groups in total. The molecule has 7 nitrogen and oxygen atoms in total. The first-order valence-electron chi connectivity index (χ1n) is 11.5. The lowest BCUT2D eigenvalue weighted by atomic mass is 10.2. The zero-order valence-corrected chi connectivity index (χ0v) is 20.6. The number of sulfonamides is 1. The van der Waals surface area contributed by atoms with Gasteiger partial charge in [0.05, 0.1) is 10.6 Å². The maximum atomic E-state index is 12.8. The predicted octanol–water partition coefficient (Wildman–Crippen LogP) is 2.85. The number of hydrogen-bond donors (Lipinski definition) is 2. The highest BCUT2D eigenvalue weighted by atomic mass is 32.2. The second-order valence-corrected chi connectivity index (χ2v) is 11.5. The smallest absolute Gasteiger partial charge is 0.240 e. The number of amides is 1. The maximum absolute atomic E-state index is 12.8. The van der Waals surface area contributed by atoms with E-state index in [0.29, 0.717) is 18.0 Å². The van der Waals surface area contributed by atoms with Gasteiger partial charge in [0.15, 0.2) is 0 Å². The molecule has 0 aromatic heterocycles. The molecule has 0 radical (unpaired) electrons. The Morgan fingerprint density at radius 2 is 1.79 bits per heavy atom. The van der Waals surface area contributed by atoms with Crippen molar-refractivity contribution < 1.29 is 13.2 Å². The molecule has 0 saturated carbocycles. The van der Waals surface area contributed by atoms with E-state index in [9.17, 15) is 13.2 Å². The largest absolute Gasteiger partial charge is 0.325 e. The van der Waals surface area contributed by atoms with Crippen molar-refractivity contribution in [3.63, 3.8) is 0 Å². The highest BCUT2D eigenvalue weighted by molar-refractivity contribution is 7.99. The fourth-order valence-electron chi connectivity index (χ4n) is 4.05. The van der Waals surface area contributed by atoms with Crippen LogP contribution >= 0.6 is 11.8 Å². The zero-order valence-electron chi connectivity index (χ0n) is 19.0. The van der Waals surface area contributed by atoms with Gasteiger partial charge < -0.3 is 10.2 Å². The Morgan fingerprint density at radius 1 is 1.06 bits per heavy atom.